The maximum Gasteiger partial charge on any atom is 0.410 e. The lowest BCUT2D eigenvalue weighted by molar-refractivity contribution is -0.0221. The van der Waals surface area contributed by atoms with E-state index in [1.807, 2.05) is 32.9 Å². The van der Waals surface area contributed by atoms with Crippen LogP contribution in [0.5, 0.6) is 5.75 Å². The van der Waals surface area contributed by atoms with Crippen molar-refractivity contribution >= 4 is 6.09 Å². The molecule has 1 aliphatic carbocycles. The van der Waals surface area contributed by atoms with Crippen molar-refractivity contribution in [2.45, 2.75) is 51.2 Å². The third-order valence-corrected chi connectivity index (χ3v) is 3.73. The monoisotopic (exact) mass is 289 g/mol. The molecule has 1 aromatic carbocycles. The maximum absolute atomic E-state index is 11.8. The van der Waals surface area contributed by atoms with E-state index in [-0.39, 0.29) is 12.2 Å². The first-order chi connectivity index (χ1) is 9.90. The number of carbonyl (C=O) groups is 1. The molecule has 1 heterocycles. The molecule has 0 radical (unpaired) electrons. The van der Waals surface area contributed by atoms with Gasteiger partial charge in [-0.15, -0.1) is 0 Å². The molecule has 4 heteroatoms. The minimum atomic E-state index is -0.443. The number of hydrogen-bond donors (Lipinski definition) is 0. The van der Waals surface area contributed by atoms with Crippen LogP contribution >= 0.6 is 0 Å². The van der Waals surface area contributed by atoms with E-state index in [1.165, 1.54) is 18.4 Å². The lowest BCUT2D eigenvalue weighted by atomic mass is 10.1. The largest absolute Gasteiger partial charge is 0.487 e. The summed E-state index contributed by atoms with van der Waals surface area (Å²) in [5.41, 5.74) is 0.966. The average Bonchev–Trinajstić information content (AvgIpc) is 3.15. The number of nitrogens with zero attached hydrogens (tertiary/aromatic N) is 1. The van der Waals surface area contributed by atoms with E-state index < -0.39 is 5.60 Å². The van der Waals surface area contributed by atoms with Gasteiger partial charge in [0, 0.05) is 0 Å². The molecule has 3 rings (SSSR count). The molecule has 0 N–H and O–H groups in total. The summed E-state index contributed by atoms with van der Waals surface area (Å²) in [7, 11) is 0. The molecular formula is C17H23NO3. The summed E-state index contributed by atoms with van der Waals surface area (Å²) in [6.45, 7) is 6.82. The third kappa shape index (κ3) is 3.69. The van der Waals surface area contributed by atoms with E-state index in [4.69, 9.17) is 9.47 Å². The van der Waals surface area contributed by atoms with Crippen LogP contribution in [0.2, 0.25) is 0 Å². The highest BCUT2D eigenvalue weighted by Gasteiger charge is 2.35. The Morgan fingerprint density at radius 2 is 1.76 bits per heavy atom. The third-order valence-electron chi connectivity index (χ3n) is 3.73. The second kappa shape index (κ2) is 5.24. The van der Waals surface area contributed by atoms with Gasteiger partial charge in [0.05, 0.1) is 13.1 Å². The van der Waals surface area contributed by atoms with E-state index >= 15 is 0 Å². The van der Waals surface area contributed by atoms with Crippen LogP contribution in [0.25, 0.3) is 0 Å². The molecule has 0 atom stereocenters. The van der Waals surface area contributed by atoms with Crippen molar-refractivity contribution in [1.29, 1.82) is 0 Å². The minimum Gasteiger partial charge on any atom is -0.487 e. The topological polar surface area (TPSA) is 38.8 Å². The van der Waals surface area contributed by atoms with Crippen molar-refractivity contribution in [3.05, 3.63) is 29.8 Å². The molecule has 1 saturated carbocycles. The summed E-state index contributed by atoms with van der Waals surface area (Å²) in [6, 6.07) is 8.36. The van der Waals surface area contributed by atoms with Crippen LogP contribution in [0.1, 0.15) is 45.1 Å². The van der Waals surface area contributed by atoms with Gasteiger partial charge < -0.3 is 14.4 Å². The Bertz CT molecular complexity index is 508. The lowest BCUT2D eigenvalue weighted by Gasteiger charge is -2.39. The molecule has 0 bridgehead atoms. The molecule has 2 aliphatic rings. The number of carbonyl (C=O) groups excluding carboxylic acids is 1. The van der Waals surface area contributed by atoms with Crippen LogP contribution in [0, 0.1) is 0 Å². The number of hydrogen-bond acceptors (Lipinski definition) is 3. The van der Waals surface area contributed by atoms with E-state index in [2.05, 4.69) is 12.1 Å². The van der Waals surface area contributed by atoms with Gasteiger partial charge in [-0.25, -0.2) is 4.79 Å². The van der Waals surface area contributed by atoms with Crippen molar-refractivity contribution < 1.29 is 14.3 Å². The normalized spacial score (nSPS) is 19.1. The van der Waals surface area contributed by atoms with Crippen LogP contribution in [0.3, 0.4) is 0 Å². The Morgan fingerprint density at radius 1 is 1.14 bits per heavy atom. The molecule has 1 aliphatic heterocycles. The standard InChI is InChI=1S/C17H23NO3/c1-17(2,3)21-16(19)18-10-15(11-18)20-14-8-6-13(7-9-14)12-4-5-12/h6-9,12,15H,4-5,10-11H2,1-3H3. The average molecular weight is 289 g/mol. The zero-order chi connectivity index (χ0) is 15.0. The molecule has 1 amide bonds. The highest BCUT2D eigenvalue weighted by Crippen LogP contribution is 2.40. The Kier molecular flexibility index (Phi) is 3.56. The van der Waals surface area contributed by atoms with Crippen molar-refractivity contribution in [3.8, 4) is 5.75 Å². The maximum atomic E-state index is 11.8. The fraction of sp³-hybridized carbons (Fsp3) is 0.588. The molecule has 0 unspecified atom stereocenters. The first-order valence-corrected chi connectivity index (χ1v) is 7.65. The fourth-order valence-corrected chi connectivity index (χ4v) is 2.42. The van der Waals surface area contributed by atoms with Gasteiger partial charge in [-0.05, 0) is 57.2 Å². The molecule has 2 fully saturated rings. The minimum absolute atomic E-state index is 0.0734. The molecule has 1 saturated heterocycles. The Hall–Kier alpha value is -1.71. The number of likely N-dealkylation sites (tertiary alicyclic amines) is 1. The Morgan fingerprint density at radius 3 is 2.29 bits per heavy atom. The van der Waals surface area contributed by atoms with Crippen LogP contribution in [0.15, 0.2) is 24.3 Å². The Labute approximate surface area is 126 Å². The van der Waals surface area contributed by atoms with Gasteiger partial charge in [-0.1, -0.05) is 12.1 Å². The summed E-state index contributed by atoms with van der Waals surface area (Å²) in [4.78, 5) is 13.5. The quantitative estimate of drug-likeness (QED) is 0.854. The van der Waals surface area contributed by atoms with E-state index in [1.54, 1.807) is 4.90 Å². The van der Waals surface area contributed by atoms with Crippen molar-refractivity contribution in [1.82, 2.24) is 4.90 Å². The summed E-state index contributed by atoms with van der Waals surface area (Å²) >= 11 is 0. The smallest absolute Gasteiger partial charge is 0.410 e. The summed E-state index contributed by atoms with van der Waals surface area (Å²) in [6.07, 6.45) is 2.44. The van der Waals surface area contributed by atoms with Crippen LogP contribution < -0.4 is 4.74 Å². The number of rotatable bonds is 3. The number of ether oxygens (including phenoxy) is 2. The Balaban J connectivity index is 1.45. The van der Waals surface area contributed by atoms with Gasteiger partial charge in [0.15, 0.2) is 0 Å². The molecule has 1 aromatic rings. The van der Waals surface area contributed by atoms with E-state index in [9.17, 15) is 4.79 Å². The first-order valence-electron chi connectivity index (χ1n) is 7.65. The highest BCUT2D eigenvalue weighted by atomic mass is 16.6. The van der Waals surface area contributed by atoms with Gasteiger partial charge in [0.2, 0.25) is 0 Å². The predicted molar refractivity (Wildman–Crippen MR) is 80.6 cm³/mol. The van der Waals surface area contributed by atoms with Crippen LogP contribution in [-0.2, 0) is 4.74 Å². The summed E-state index contributed by atoms with van der Waals surface area (Å²) < 4.78 is 11.2. The highest BCUT2D eigenvalue weighted by molar-refractivity contribution is 5.69. The lowest BCUT2D eigenvalue weighted by Crippen LogP contribution is -2.57. The van der Waals surface area contributed by atoms with Crippen LogP contribution in [-0.4, -0.2) is 35.8 Å². The van der Waals surface area contributed by atoms with Gasteiger partial charge >= 0.3 is 6.09 Å². The van der Waals surface area contributed by atoms with Crippen molar-refractivity contribution in [3.63, 3.8) is 0 Å². The number of benzene rings is 1. The molecule has 0 spiro atoms. The fourth-order valence-electron chi connectivity index (χ4n) is 2.42. The zero-order valence-corrected chi connectivity index (χ0v) is 13.0. The molecule has 4 nitrogen and oxygen atoms in total. The van der Waals surface area contributed by atoms with Gasteiger partial charge in [0.25, 0.3) is 0 Å². The predicted octanol–water partition coefficient (Wildman–Crippen LogP) is 3.56. The van der Waals surface area contributed by atoms with E-state index in [0.29, 0.717) is 13.1 Å². The second-order valence-corrected chi connectivity index (χ2v) is 6.97. The molecular weight excluding hydrogens is 266 g/mol. The summed E-state index contributed by atoms with van der Waals surface area (Å²) in [5, 5.41) is 0. The zero-order valence-electron chi connectivity index (χ0n) is 13.0. The molecule has 0 aromatic heterocycles. The van der Waals surface area contributed by atoms with Gasteiger partial charge in [-0.3, -0.25) is 0 Å². The summed E-state index contributed by atoms with van der Waals surface area (Å²) in [5.74, 6) is 1.65. The number of amides is 1. The van der Waals surface area contributed by atoms with Gasteiger partial charge in [0.1, 0.15) is 17.5 Å². The SMILES string of the molecule is CC(C)(C)OC(=O)N1CC(Oc2ccc(C3CC3)cc2)C1. The van der Waals surface area contributed by atoms with Crippen molar-refractivity contribution in [2.75, 3.05) is 13.1 Å². The molecule has 114 valence electrons. The second-order valence-electron chi connectivity index (χ2n) is 6.97. The van der Waals surface area contributed by atoms with Crippen LogP contribution in [0.4, 0.5) is 4.79 Å². The van der Waals surface area contributed by atoms with Gasteiger partial charge in [-0.2, -0.15) is 0 Å². The van der Waals surface area contributed by atoms with Crippen molar-refractivity contribution in [2.24, 2.45) is 0 Å². The molecule has 21 heavy (non-hydrogen) atoms. The van der Waals surface area contributed by atoms with E-state index in [0.717, 1.165) is 11.7 Å². The first kappa shape index (κ1) is 14.2.